The van der Waals surface area contributed by atoms with E-state index >= 15 is 0 Å². The minimum absolute atomic E-state index is 0.677. The van der Waals surface area contributed by atoms with Crippen LogP contribution in [0.4, 0.5) is 0 Å². The van der Waals surface area contributed by atoms with Crippen molar-refractivity contribution < 1.29 is 19.1 Å². The van der Waals surface area contributed by atoms with E-state index in [-0.39, 0.29) is 0 Å². The van der Waals surface area contributed by atoms with Crippen LogP contribution < -0.4 is 0 Å². The number of halogens is 4. The molecule has 0 aliphatic rings. The van der Waals surface area contributed by atoms with Gasteiger partial charge in [0.25, 0.3) is 9.04 Å². The monoisotopic (exact) mass is 296 g/mol. The number of alkyl halides is 4. The lowest BCUT2D eigenvalue weighted by atomic mass is 10.4. The van der Waals surface area contributed by atoms with Crippen molar-refractivity contribution in [3.8, 4) is 0 Å². The highest BCUT2D eigenvalue weighted by Crippen LogP contribution is 2.24. The maximum atomic E-state index is 11.0. The summed E-state index contributed by atoms with van der Waals surface area (Å²) in [5, 5.41) is 0. The van der Waals surface area contributed by atoms with Crippen LogP contribution in [-0.2, 0) is 19.1 Å². The Morgan fingerprint density at radius 3 is 1.40 bits per heavy atom. The summed E-state index contributed by atoms with van der Waals surface area (Å²) in [5.41, 5.74) is 0. The number of ether oxygens (including phenoxy) is 2. The van der Waals surface area contributed by atoms with Gasteiger partial charge in [0, 0.05) is 13.8 Å². The molecule has 0 fully saturated rings. The summed E-state index contributed by atoms with van der Waals surface area (Å²) < 4.78 is 5.47. The topological polar surface area (TPSA) is 52.6 Å². The SMILES string of the molecule is CC(Cl)(Cl)OC(=O)CC(=O)OC(C)(Cl)Cl. The number of hydrogen-bond acceptors (Lipinski definition) is 4. The fourth-order valence-corrected chi connectivity index (χ4v) is 0.934. The summed E-state index contributed by atoms with van der Waals surface area (Å²) in [6.45, 7) is 2.46. The third-order valence-electron chi connectivity index (χ3n) is 0.875. The lowest BCUT2D eigenvalue weighted by Gasteiger charge is -2.16. The van der Waals surface area contributed by atoms with E-state index in [9.17, 15) is 9.59 Å². The van der Waals surface area contributed by atoms with Crippen molar-refractivity contribution in [2.45, 2.75) is 29.3 Å². The van der Waals surface area contributed by atoms with Gasteiger partial charge in [0.2, 0.25) is 0 Å². The second-order valence-corrected chi connectivity index (χ2v) is 6.01. The first-order chi connectivity index (χ1) is 6.49. The Morgan fingerprint density at radius 1 is 0.933 bits per heavy atom. The van der Waals surface area contributed by atoms with Gasteiger partial charge in [0.15, 0.2) is 0 Å². The summed E-state index contributed by atoms with van der Waals surface area (Å²) in [4.78, 5) is 22.0. The number of carbonyl (C=O) groups is 2. The van der Waals surface area contributed by atoms with Gasteiger partial charge in [-0.25, -0.2) is 0 Å². The number of carbonyl (C=O) groups excluding carboxylic acids is 2. The van der Waals surface area contributed by atoms with Crippen LogP contribution in [0.5, 0.6) is 0 Å². The summed E-state index contributed by atoms with van der Waals surface area (Å²) in [6, 6.07) is 0. The van der Waals surface area contributed by atoms with Gasteiger partial charge in [0.1, 0.15) is 6.42 Å². The molecule has 15 heavy (non-hydrogen) atoms. The summed E-state index contributed by atoms with van der Waals surface area (Å²) >= 11 is 21.5. The average molecular weight is 298 g/mol. The molecule has 4 nitrogen and oxygen atoms in total. The van der Waals surface area contributed by atoms with Crippen molar-refractivity contribution in [1.29, 1.82) is 0 Å². The van der Waals surface area contributed by atoms with E-state index in [0.717, 1.165) is 0 Å². The highest BCUT2D eigenvalue weighted by atomic mass is 35.5. The largest absolute Gasteiger partial charge is 0.429 e. The van der Waals surface area contributed by atoms with Gasteiger partial charge < -0.3 is 9.47 Å². The molecule has 0 bridgehead atoms. The maximum absolute atomic E-state index is 11.0. The molecule has 0 aromatic carbocycles. The van der Waals surface area contributed by atoms with Crippen LogP contribution in [0.15, 0.2) is 0 Å². The molecule has 0 amide bonds. The molecule has 0 atom stereocenters. The van der Waals surface area contributed by atoms with E-state index in [2.05, 4.69) is 9.47 Å². The van der Waals surface area contributed by atoms with Crippen LogP contribution >= 0.6 is 46.4 Å². The smallest absolute Gasteiger partial charge is 0.319 e. The molecule has 0 radical (unpaired) electrons. The summed E-state index contributed by atoms with van der Waals surface area (Å²) in [7, 11) is 0. The molecular formula is C7H8Cl4O4. The fourth-order valence-electron chi connectivity index (χ4n) is 0.590. The van der Waals surface area contributed by atoms with E-state index in [4.69, 9.17) is 46.4 Å². The Bertz CT molecular complexity index is 227. The molecule has 0 aliphatic heterocycles. The molecule has 0 aromatic rings. The predicted molar refractivity (Wildman–Crippen MR) is 57.0 cm³/mol. The van der Waals surface area contributed by atoms with Gasteiger partial charge in [-0.05, 0) is 0 Å². The van der Waals surface area contributed by atoms with E-state index < -0.39 is 27.4 Å². The van der Waals surface area contributed by atoms with Gasteiger partial charge in [-0.1, -0.05) is 46.4 Å². The molecule has 0 N–H and O–H groups in total. The standard InChI is InChI=1S/C7H8Cl4O4/c1-6(8,9)14-4(12)3-5(13)15-7(2,10)11/h3H2,1-2H3. The molecule has 88 valence electrons. The highest BCUT2D eigenvalue weighted by molar-refractivity contribution is 6.47. The van der Waals surface area contributed by atoms with Gasteiger partial charge in [-0.2, -0.15) is 0 Å². The van der Waals surface area contributed by atoms with Crippen molar-refractivity contribution in [2.75, 3.05) is 0 Å². The first-order valence-corrected chi connectivity index (χ1v) is 5.20. The van der Waals surface area contributed by atoms with Crippen LogP contribution in [-0.4, -0.2) is 21.0 Å². The first kappa shape index (κ1) is 15.1. The second kappa shape index (κ2) is 5.43. The van der Waals surface area contributed by atoms with E-state index in [1.165, 1.54) is 13.8 Å². The Morgan fingerprint density at radius 2 is 1.20 bits per heavy atom. The molecule has 8 heteroatoms. The molecule has 0 aliphatic carbocycles. The summed E-state index contributed by atoms with van der Waals surface area (Å²) in [6.07, 6.45) is -0.677. The van der Waals surface area contributed by atoms with Crippen LogP contribution in [0.3, 0.4) is 0 Å². The van der Waals surface area contributed by atoms with Crippen LogP contribution in [0, 0.1) is 0 Å². The third kappa shape index (κ3) is 10.4. The van der Waals surface area contributed by atoms with Crippen molar-refractivity contribution >= 4 is 58.3 Å². The van der Waals surface area contributed by atoms with E-state index in [0.29, 0.717) is 0 Å². The lowest BCUT2D eigenvalue weighted by molar-refractivity contribution is -0.157. The Labute approximate surface area is 107 Å². The van der Waals surface area contributed by atoms with Crippen molar-refractivity contribution in [2.24, 2.45) is 0 Å². The highest BCUT2D eigenvalue weighted by Gasteiger charge is 2.27. The van der Waals surface area contributed by atoms with Crippen LogP contribution in [0.25, 0.3) is 0 Å². The maximum Gasteiger partial charge on any atom is 0.319 e. The van der Waals surface area contributed by atoms with Crippen molar-refractivity contribution in [3.63, 3.8) is 0 Å². The second-order valence-electron chi connectivity index (χ2n) is 2.74. The first-order valence-electron chi connectivity index (χ1n) is 3.69. The molecule has 0 rings (SSSR count). The lowest BCUT2D eigenvalue weighted by Crippen LogP contribution is -2.25. The predicted octanol–water partition coefficient (Wildman–Crippen LogP) is 2.77. The van der Waals surface area contributed by atoms with Crippen LogP contribution in [0.2, 0.25) is 0 Å². The molecule has 0 unspecified atom stereocenters. The van der Waals surface area contributed by atoms with Gasteiger partial charge in [0.05, 0.1) is 0 Å². The minimum atomic E-state index is -1.69. The number of rotatable bonds is 4. The Hall–Kier alpha value is 0.1000. The number of esters is 2. The Balaban J connectivity index is 4.04. The molecule has 0 aromatic heterocycles. The van der Waals surface area contributed by atoms with Gasteiger partial charge >= 0.3 is 11.9 Å². The normalized spacial score (nSPS) is 12.1. The van der Waals surface area contributed by atoms with Crippen molar-refractivity contribution in [3.05, 3.63) is 0 Å². The van der Waals surface area contributed by atoms with Gasteiger partial charge in [-0.15, -0.1) is 0 Å². The zero-order chi connectivity index (χ0) is 12.3. The number of hydrogen-bond donors (Lipinski definition) is 0. The minimum Gasteiger partial charge on any atom is -0.429 e. The van der Waals surface area contributed by atoms with E-state index in [1.807, 2.05) is 0 Å². The fraction of sp³-hybridized carbons (Fsp3) is 0.714. The summed E-state index contributed by atoms with van der Waals surface area (Å²) in [5.74, 6) is -1.88. The molecular weight excluding hydrogens is 290 g/mol. The van der Waals surface area contributed by atoms with Crippen molar-refractivity contribution in [1.82, 2.24) is 0 Å². The Kier molecular flexibility index (Phi) is 5.47. The van der Waals surface area contributed by atoms with E-state index in [1.54, 1.807) is 0 Å². The molecule has 0 heterocycles. The van der Waals surface area contributed by atoms with Crippen LogP contribution in [0.1, 0.15) is 20.3 Å². The molecule has 0 spiro atoms. The quantitative estimate of drug-likeness (QED) is 0.455. The van der Waals surface area contributed by atoms with Gasteiger partial charge in [-0.3, -0.25) is 9.59 Å². The molecule has 0 saturated carbocycles. The zero-order valence-electron chi connectivity index (χ0n) is 7.85. The zero-order valence-corrected chi connectivity index (χ0v) is 10.9. The molecule has 0 saturated heterocycles. The average Bonchev–Trinajstić information content (AvgIpc) is 1.73. The third-order valence-corrected chi connectivity index (χ3v) is 1.18.